The second kappa shape index (κ2) is 7.26. The molecule has 1 saturated heterocycles. The van der Waals surface area contributed by atoms with E-state index in [1.54, 1.807) is 29.3 Å². The zero-order valence-corrected chi connectivity index (χ0v) is 17.0. The SMILES string of the molecule is O=C(c1cc2c(F)cccc2[nH]1)N1CCC[C@@H]1c1nnc(-c2nccc3ccccc23)o1. The van der Waals surface area contributed by atoms with E-state index in [-0.39, 0.29) is 17.8 Å². The third-order valence-electron chi connectivity index (χ3n) is 5.96. The fourth-order valence-corrected chi connectivity index (χ4v) is 4.41. The van der Waals surface area contributed by atoms with E-state index >= 15 is 0 Å². The fourth-order valence-electron chi connectivity index (χ4n) is 4.41. The van der Waals surface area contributed by atoms with Crippen LogP contribution in [0.1, 0.15) is 35.3 Å². The highest BCUT2D eigenvalue weighted by molar-refractivity contribution is 5.98. The highest BCUT2D eigenvalue weighted by Gasteiger charge is 2.35. The minimum atomic E-state index is -0.361. The minimum Gasteiger partial charge on any atom is -0.417 e. The molecule has 1 atom stereocenters. The van der Waals surface area contributed by atoms with Gasteiger partial charge in [0.1, 0.15) is 23.2 Å². The molecule has 5 aromatic rings. The maximum Gasteiger partial charge on any atom is 0.270 e. The number of aromatic amines is 1. The van der Waals surface area contributed by atoms with Crippen LogP contribution >= 0.6 is 0 Å². The van der Waals surface area contributed by atoms with E-state index in [0.29, 0.717) is 47.0 Å². The van der Waals surface area contributed by atoms with Gasteiger partial charge in [-0.15, -0.1) is 10.2 Å². The molecular formula is C24H18FN5O2. The molecule has 7 nitrogen and oxygen atoms in total. The zero-order valence-electron chi connectivity index (χ0n) is 17.0. The van der Waals surface area contributed by atoms with Crippen molar-refractivity contribution in [2.75, 3.05) is 6.54 Å². The highest BCUT2D eigenvalue weighted by atomic mass is 19.1. The van der Waals surface area contributed by atoms with Gasteiger partial charge in [0.15, 0.2) is 0 Å². The van der Waals surface area contributed by atoms with Gasteiger partial charge < -0.3 is 14.3 Å². The summed E-state index contributed by atoms with van der Waals surface area (Å²) in [6, 6.07) is 15.7. The van der Waals surface area contributed by atoms with Gasteiger partial charge in [-0.25, -0.2) is 4.39 Å². The molecule has 3 aromatic heterocycles. The Morgan fingerprint density at radius 1 is 1.09 bits per heavy atom. The standard InChI is InChI=1S/C24H18FN5O2/c25-17-7-3-8-18-16(17)13-19(27-18)24(31)30-12-4-9-20(30)22-28-29-23(32-22)21-15-6-2-1-5-14(15)10-11-26-21/h1-3,5-8,10-11,13,20,27H,4,9,12H2/t20-/m1/s1. The van der Waals surface area contributed by atoms with Crippen LogP contribution in [0.5, 0.6) is 0 Å². The summed E-state index contributed by atoms with van der Waals surface area (Å²) in [5, 5.41) is 10.8. The van der Waals surface area contributed by atoms with Gasteiger partial charge in [0, 0.05) is 29.0 Å². The van der Waals surface area contributed by atoms with E-state index in [1.807, 2.05) is 30.3 Å². The van der Waals surface area contributed by atoms with Gasteiger partial charge in [0.2, 0.25) is 5.89 Å². The number of nitrogens with one attached hydrogen (secondary N) is 1. The topological polar surface area (TPSA) is 87.9 Å². The number of halogens is 1. The molecule has 0 radical (unpaired) electrons. The molecule has 1 aliphatic rings. The predicted molar refractivity (Wildman–Crippen MR) is 116 cm³/mol. The second-order valence-electron chi connectivity index (χ2n) is 7.87. The number of aromatic nitrogens is 4. The van der Waals surface area contributed by atoms with Crippen LogP contribution in [0, 0.1) is 5.82 Å². The molecule has 1 fully saturated rings. The number of hydrogen-bond acceptors (Lipinski definition) is 5. The first-order valence-corrected chi connectivity index (χ1v) is 10.4. The smallest absolute Gasteiger partial charge is 0.270 e. The highest BCUT2D eigenvalue weighted by Crippen LogP contribution is 2.35. The zero-order chi connectivity index (χ0) is 21.7. The average molecular weight is 427 g/mol. The van der Waals surface area contributed by atoms with E-state index in [4.69, 9.17) is 4.42 Å². The molecule has 0 saturated carbocycles. The number of benzene rings is 2. The first kappa shape index (κ1) is 18.7. The Morgan fingerprint density at radius 2 is 2.00 bits per heavy atom. The average Bonchev–Trinajstić information content (AvgIpc) is 3.57. The number of rotatable bonds is 3. The van der Waals surface area contributed by atoms with Crippen LogP contribution < -0.4 is 0 Å². The van der Waals surface area contributed by atoms with Crippen LogP contribution in [-0.4, -0.2) is 37.5 Å². The number of carbonyl (C=O) groups is 1. The van der Waals surface area contributed by atoms with E-state index in [0.717, 1.165) is 17.2 Å². The van der Waals surface area contributed by atoms with Gasteiger partial charge in [-0.05, 0) is 42.5 Å². The van der Waals surface area contributed by atoms with E-state index in [9.17, 15) is 9.18 Å². The Morgan fingerprint density at radius 3 is 2.91 bits per heavy atom. The lowest BCUT2D eigenvalue weighted by molar-refractivity contribution is 0.0711. The summed E-state index contributed by atoms with van der Waals surface area (Å²) >= 11 is 0. The monoisotopic (exact) mass is 427 g/mol. The van der Waals surface area contributed by atoms with Crippen molar-refractivity contribution in [2.45, 2.75) is 18.9 Å². The van der Waals surface area contributed by atoms with Crippen molar-refractivity contribution in [3.8, 4) is 11.6 Å². The van der Waals surface area contributed by atoms with Crippen LogP contribution in [0.4, 0.5) is 4.39 Å². The largest absolute Gasteiger partial charge is 0.417 e. The number of carbonyl (C=O) groups excluding carboxylic acids is 1. The van der Waals surface area contributed by atoms with Gasteiger partial charge in [-0.3, -0.25) is 9.78 Å². The molecular weight excluding hydrogens is 409 g/mol. The van der Waals surface area contributed by atoms with Crippen LogP contribution in [0.25, 0.3) is 33.3 Å². The molecule has 1 aliphatic heterocycles. The van der Waals surface area contributed by atoms with Crippen molar-refractivity contribution in [1.29, 1.82) is 0 Å². The van der Waals surface area contributed by atoms with Crippen LogP contribution in [0.2, 0.25) is 0 Å². The molecule has 158 valence electrons. The first-order valence-electron chi connectivity index (χ1n) is 10.4. The van der Waals surface area contributed by atoms with Crippen molar-refractivity contribution in [3.05, 3.63) is 78.2 Å². The molecule has 4 heterocycles. The molecule has 1 amide bonds. The first-order chi connectivity index (χ1) is 15.7. The number of hydrogen-bond donors (Lipinski definition) is 1. The summed E-state index contributed by atoms with van der Waals surface area (Å²) in [6.07, 6.45) is 3.24. The molecule has 8 heteroatoms. The van der Waals surface area contributed by atoms with Gasteiger partial charge in [0.25, 0.3) is 11.8 Å². The molecule has 0 unspecified atom stereocenters. The number of fused-ring (bicyclic) bond motifs is 2. The third kappa shape index (κ3) is 2.95. The predicted octanol–water partition coefficient (Wildman–Crippen LogP) is 4.88. The lowest BCUT2D eigenvalue weighted by atomic mass is 10.1. The van der Waals surface area contributed by atoms with Crippen molar-refractivity contribution >= 4 is 27.6 Å². The lowest BCUT2D eigenvalue weighted by Gasteiger charge is -2.21. The summed E-state index contributed by atoms with van der Waals surface area (Å²) in [7, 11) is 0. The summed E-state index contributed by atoms with van der Waals surface area (Å²) in [6.45, 7) is 0.561. The Bertz CT molecular complexity index is 1470. The summed E-state index contributed by atoms with van der Waals surface area (Å²) in [5.41, 5.74) is 1.54. The second-order valence-corrected chi connectivity index (χ2v) is 7.87. The van der Waals surface area contributed by atoms with Crippen LogP contribution in [0.3, 0.4) is 0 Å². The lowest BCUT2D eigenvalue weighted by Crippen LogP contribution is -2.31. The van der Waals surface area contributed by atoms with Gasteiger partial charge >= 0.3 is 0 Å². The summed E-state index contributed by atoms with van der Waals surface area (Å²) in [5.74, 6) is 0.123. The Balaban J connectivity index is 1.33. The maximum atomic E-state index is 14.1. The number of likely N-dealkylation sites (tertiary alicyclic amines) is 1. The molecule has 2 aromatic carbocycles. The van der Waals surface area contributed by atoms with Gasteiger partial charge in [-0.2, -0.15) is 0 Å². The van der Waals surface area contributed by atoms with E-state index < -0.39 is 0 Å². The van der Waals surface area contributed by atoms with Gasteiger partial charge in [0.05, 0.1) is 0 Å². The van der Waals surface area contributed by atoms with Crippen molar-refractivity contribution < 1.29 is 13.6 Å². The molecule has 0 spiro atoms. The Labute approximate surface area is 181 Å². The maximum absolute atomic E-state index is 14.1. The van der Waals surface area contributed by atoms with E-state index in [2.05, 4.69) is 20.2 Å². The van der Waals surface area contributed by atoms with E-state index in [1.165, 1.54) is 6.07 Å². The molecule has 0 aliphatic carbocycles. The Kier molecular flexibility index (Phi) is 4.24. The number of nitrogens with zero attached hydrogens (tertiary/aromatic N) is 4. The number of H-pyrrole nitrogens is 1. The summed E-state index contributed by atoms with van der Waals surface area (Å²) < 4.78 is 20.1. The van der Waals surface area contributed by atoms with Crippen molar-refractivity contribution in [2.24, 2.45) is 0 Å². The van der Waals surface area contributed by atoms with Gasteiger partial charge in [-0.1, -0.05) is 30.3 Å². The third-order valence-corrected chi connectivity index (χ3v) is 5.96. The molecule has 0 bridgehead atoms. The van der Waals surface area contributed by atoms with Crippen LogP contribution in [0.15, 0.2) is 65.2 Å². The number of amides is 1. The number of pyridine rings is 1. The molecule has 1 N–H and O–H groups in total. The van der Waals surface area contributed by atoms with Crippen molar-refractivity contribution in [1.82, 2.24) is 25.1 Å². The normalized spacial score (nSPS) is 16.3. The molecule has 6 rings (SSSR count). The Hall–Kier alpha value is -4.07. The fraction of sp³-hybridized carbons (Fsp3) is 0.167. The summed E-state index contributed by atoms with van der Waals surface area (Å²) in [4.78, 5) is 22.4. The quantitative estimate of drug-likeness (QED) is 0.443. The minimum absolute atomic E-state index is 0.217. The van der Waals surface area contributed by atoms with Crippen LogP contribution in [-0.2, 0) is 0 Å². The molecule has 32 heavy (non-hydrogen) atoms. The van der Waals surface area contributed by atoms with Crippen molar-refractivity contribution in [3.63, 3.8) is 0 Å².